The van der Waals surface area contributed by atoms with Gasteiger partial charge in [-0.2, -0.15) is 0 Å². The first kappa shape index (κ1) is 19.0. The van der Waals surface area contributed by atoms with Crippen LogP contribution in [0.1, 0.15) is 23.2 Å². The van der Waals surface area contributed by atoms with Gasteiger partial charge in [0.1, 0.15) is 10.3 Å². The Morgan fingerprint density at radius 1 is 1.32 bits per heavy atom. The normalized spacial score (nSPS) is 21.1. The minimum Gasteiger partial charge on any atom is -0.370 e. The summed E-state index contributed by atoms with van der Waals surface area (Å²) in [5.74, 6) is -0.117. The van der Waals surface area contributed by atoms with Crippen LogP contribution in [0.15, 0.2) is 41.4 Å². The maximum absolute atomic E-state index is 12.5. The number of thioether (sulfide) groups is 1. The van der Waals surface area contributed by atoms with E-state index in [4.69, 9.17) is 11.1 Å². The molecule has 2 atom stereocenters. The van der Waals surface area contributed by atoms with Crippen LogP contribution in [0.2, 0.25) is 0 Å². The number of nitrogens with zero attached hydrogens (tertiary/aromatic N) is 2. The molecule has 2 aliphatic heterocycles. The van der Waals surface area contributed by atoms with E-state index < -0.39 is 5.25 Å². The summed E-state index contributed by atoms with van der Waals surface area (Å²) in [6.45, 7) is 4.40. The summed E-state index contributed by atoms with van der Waals surface area (Å²) in [7, 11) is 0. The van der Waals surface area contributed by atoms with E-state index in [9.17, 15) is 4.79 Å². The highest BCUT2D eigenvalue weighted by molar-refractivity contribution is 8.02. The molecule has 0 bridgehead atoms. The average Bonchev–Trinajstić information content (AvgIpc) is 3.25. The molecule has 1 unspecified atom stereocenters. The van der Waals surface area contributed by atoms with Crippen LogP contribution in [0.25, 0.3) is 0 Å². The van der Waals surface area contributed by atoms with Gasteiger partial charge in [0.25, 0.3) is 0 Å². The number of rotatable bonds is 5. The molecule has 1 aromatic carbocycles. The van der Waals surface area contributed by atoms with E-state index in [-0.39, 0.29) is 11.9 Å². The highest BCUT2D eigenvalue weighted by atomic mass is 32.2. The Hall–Kier alpha value is -2.38. The van der Waals surface area contributed by atoms with Crippen molar-refractivity contribution in [1.82, 2.24) is 10.3 Å². The first-order valence-electron chi connectivity index (χ1n) is 9.61. The number of nitrogens with two attached hydrogens (primary N) is 1. The summed E-state index contributed by atoms with van der Waals surface area (Å²) in [5.41, 5.74) is 10.4. The monoisotopic (exact) mass is 395 g/mol. The Labute approximate surface area is 169 Å². The topological polar surface area (TPSA) is 95.1 Å². The third kappa shape index (κ3) is 3.91. The van der Waals surface area contributed by atoms with E-state index in [2.05, 4.69) is 39.5 Å². The van der Waals surface area contributed by atoms with Crippen molar-refractivity contribution >= 4 is 29.1 Å². The molecule has 146 valence electrons. The lowest BCUT2D eigenvalue weighted by molar-refractivity contribution is -0.119. The number of aromatic nitrogens is 1. The molecule has 7 heteroatoms. The van der Waals surface area contributed by atoms with Crippen LogP contribution in [0.5, 0.6) is 0 Å². The maximum atomic E-state index is 12.5. The van der Waals surface area contributed by atoms with Gasteiger partial charge in [0.15, 0.2) is 0 Å². The van der Waals surface area contributed by atoms with Gasteiger partial charge >= 0.3 is 0 Å². The Morgan fingerprint density at radius 3 is 2.82 bits per heavy atom. The van der Waals surface area contributed by atoms with Gasteiger partial charge in [-0.15, -0.1) is 0 Å². The molecule has 6 nitrogen and oxygen atoms in total. The zero-order valence-corrected chi connectivity index (χ0v) is 16.8. The number of aryl methyl sites for hydroxylation is 1. The van der Waals surface area contributed by atoms with Crippen molar-refractivity contribution in [3.63, 3.8) is 0 Å². The number of benzene rings is 1. The minimum atomic E-state index is -0.508. The fourth-order valence-corrected chi connectivity index (χ4v) is 4.80. The van der Waals surface area contributed by atoms with Gasteiger partial charge in [-0.25, -0.2) is 4.98 Å². The average molecular weight is 396 g/mol. The number of anilines is 1. The molecule has 0 saturated carbocycles. The van der Waals surface area contributed by atoms with Crippen LogP contribution >= 0.6 is 11.8 Å². The summed E-state index contributed by atoms with van der Waals surface area (Å²) >= 11 is 1.37. The quantitative estimate of drug-likeness (QED) is 0.721. The van der Waals surface area contributed by atoms with Gasteiger partial charge < -0.3 is 21.4 Å². The van der Waals surface area contributed by atoms with Crippen LogP contribution in [-0.2, 0) is 11.2 Å². The summed E-state index contributed by atoms with van der Waals surface area (Å²) in [6, 6.07) is 12.5. The van der Waals surface area contributed by atoms with E-state index in [0.717, 1.165) is 42.2 Å². The van der Waals surface area contributed by atoms with E-state index >= 15 is 0 Å². The smallest absolute Gasteiger partial charge is 0.239 e. The number of hydrogen-bond donors (Lipinski definition) is 3. The van der Waals surface area contributed by atoms with Crippen LogP contribution in [0, 0.1) is 12.3 Å². The van der Waals surface area contributed by atoms with Crippen molar-refractivity contribution in [3.05, 3.63) is 53.2 Å². The Kier molecular flexibility index (Phi) is 5.37. The Bertz CT molecular complexity index is 898. The molecule has 0 spiro atoms. The molecule has 1 fully saturated rings. The molecule has 0 radical (unpaired) electrons. The lowest BCUT2D eigenvalue weighted by atomic mass is 10.1. The van der Waals surface area contributed by atoms with Gasteiger partial charge in [-0.05, 0) is 49.6 Å². The third-order valence-corrected chi connectivity index (χ3v) is 6.48. The van der Waals surface area contributed by atoms with E-state index in [1.165, 1.54) is 23.0 Å². The van der Waals surface area contributed by atoms with Gasteiger partial charge in [0.05, 0.1) is 5.71 Å². The number of carbonyl (C=O) groups is 1. The Morgan fingerprint density at radius 2 is 2.11 bits per heavy atom. The van der Waals surface area contributed by atoms with E-state index in [0.29, 0.717) is 12.3 Å². The lowest BCUT2D eigenvalue weighted by Crippen LogP contribution is -2.36. The number of hydrogen-bond acceptors (Lipinski definition) is 6. The van der Waals surface area contributed by atoms with Crippen molar-refractivity contribution in [3.8, 4) is 0 Å². The lowest BCUT2D eigenvalue weighted by Gasteiger charge is -2.18. The minimum absolute atomic E-state index is 0.117. The van der Waals surface area contributed by atoms with Crippen molar-refractivity contribution in [1.29, 1.82) is 5.41 Å². The number of carbonyl (C=O) groups excluding carboxylic acids is 1. The second kappa shape index (κ2) is 7.93. The molecule has 4 rings (SSSR count). The van der Waals surface area contributed by atoms with Gasteiger partial charge in [-0.3, -0.25) is 4.79 Å². The second-order valence-electron chi connectivity index (χ2n) is 7.42. The molecular formula is C21H25N5OS. The van der Waals surface area contributed by atoms with Crippen molar-refractivity contribution in [2.45, 2.75) is 36.1 Å². The first-order chi connectivity index (χ1) is 13.5. The fourth-order valence-electron chi connectivity index (χ4n) is 3.64. The van der Waals surface area contributed by atoms with Crippen molar-refractivity contribution < 1.29 is 4.79 Å². The molecule has 1 aromatic heterocycles. The number of pyridine rings is 1. The van der Waals surface area contributed by atoms with Crippen molar-refractivity contribution in [2.24, 2.45) is 5.73 Å². The Balaban J connectivity index is 1.28. The largest absolute Gasteiger partial charge is 0.370 e. The molecule has 1 amide bonds. The second-order valence-corrected chi connectivity index (χ2v) is 8.51. The van der Waals surface area contributed by atoms with Crippen LogP contribution in [-0.4, -0.2) is 47.5 Å². The van der Waals surface area contributed by atoms with Gasteiger partial charge in [0, 0.05) is 42.6 Å². The number of fused-ring (bicyclic) bond motifs is 1. The summed E-state index contributed by atoms with van der Waals surface area (Å²) in [6.07, 6.45) is 1.81. The van der Waals surface area contributed by atoms with Crippen LogP contribution in [0.4, 0.5) is 5.69 Å². The molecule has 2 aromatic rings. The van der Waals surface area contributed by atoms with Gasteiger partial charge in [-0.1, -0.05) is 23.9 Å². The predicted octanol–water partition coefficient (Wildman–Crippen LogP) is 2.13. The highest BCUT2D eigenvalue weighted by Gasteiger charge is 2.34. The molecule has 1 saturated heterocycles. The van der Waals surface area contributed by atoms with Crippen LogP contribution in [0.3, 0.4) is 0 Å². The zero-order valence-electron chi connectivity index (χ0n) is 15.9. The molecule has 0 aliphatic carbocycles. The van der Waals surface area contributed by atoms with E-state index in [1.807, 2.05) is 19.1 Å². The number of amides is 1. The van der Waals surface area contributed by atoms with Crippen molar-refractivity contribution in [2.75, 3.05) is 24.5 Å². The van der Waals surface area contributed by atoms with E-state index in [1.54, 1.807) is 0 Å². The molecular weight excluding hydrogens is 370 g/mol. The standard InChI is InChI=1S/C21H25N5OS/c1-13-2-7-17-18(23)19(28-21(17)25-13)20(27)24-10-8-14-3-5-16(6-4-14)26-11-9-15(22)12-26/h2-7,15,19,23H,8-12,22H2,1H3,(H,24,27)/t15?,19-/m1/s1. The third-order valence-electron chi connectivity index (χ3n) is 5.26. The fraction of sp³-hybridized carbons (Fsp3) is 0.381. The molecule has 3 heterocycles. The molecule has 4 N–H and O–H groups in total. The molecule has 2 aliphatic rings. The summed E-state index contributed by atoms with van der Waals surface area (Å²) in [5, 5.41) is 11.5. The zero-order chi connectivity index (χ0) is 19.7. The SMILES string of the molecule is Cc1ccc2c(n1)S[C@@H](C(=O)NCCc1ccc(N3CCC(N)C3)cc1)C2=N. The number of nitrogens with one attached hydrogen (secondary N) is 2. The summed E-state index contributed by atoms with van der Waals surface area (Å²) < 4.78 is 0. The maximum Gasteiger partial charge on any atom is 0.239 e. The highest BCUT2D eigenvalue weighted by Crippen LogP contribution is 2.35. The first-order valence-corrected chi connectivity index (χ1v) is 10.5. The van der Waals surface area contributed by atoms with Gasteiger partial charge in [0.2, 0.25) is 5.91 Å². The van der Waals surface area contributed by atoms with Crippen LogP contribution < -0.4 is 16.0 Å². The summed E-state index contributed by atoms with van der Waals surface area (Å²) in [4.78, 5) is 19.3. The predicted molar refractivity (Wildman–Crippen MR) is 113 cm³/mol. The molecule has 28 heavy (non-hydrogen) atoms.